The number of hydrogen-bond acceptors (Lipinski definition) is 2. The lowest BCUT2D eigenvalue weighted by molar-refractivity contribution is -0.122. The summed E-state index contributed by atoms with van der Waals surface area (Å²) < 4.78 is 0. The van der Waals surface area contributed by atoms with Crippen LogP contribution in [0.5, 0.6) is 0 Å². The van der Waals surface area contributed by atoms with E-state index in [0.29, 0.717) is 6.42 Å². The van der Waals surface area contributed by atoms with E-state index in [2.05, 4.69) is 5.32 Å². The van der Waals surface area contributed by atoms with Crippen molar-refractivity contribution in [2.24, 2.45) is 0 Å². The van der Waals surface area contributed by atoms with Gasteiger partial charge < -0.3 is 10.4 Å². The number of aliphatic hydroxyl groups is 1. The first-order chi connectivity index (χ1) is 5.24. The summed E-state index contributed by atoms with van der Waals surface area (Å²) in [7, 11) is 0. The van der Waals surface area contributed by atoms with Gasteiger partial charge in [-0.2, -0.15) is 0 Å². The molecule has 0 aromatic heterocycles. The molecule has 0 aromatic carbocycles. The summed E-state index contributed by atoms with van der Waals surface area (Å²) in [6.07, 6.45) is 2.19. The van der Waals surface area contributed by atoms with Gasteiger partial charge in [-0.05, 0) is 12.8 Å². The second-order valence-corrected chi connectivity index (χ2v) is 2.61. The zero-order valence-corrected chi connectivity index (χ0v) is 7.26. The molecule has 1 amide bonds. The van der Waals surface area contributed by atoms with Crippen LogP contribution in [0.25, 0.3) is 0 Å². The van der Waals surface area contributed by atoms with E-state index >= 15 is 0 Å². The molecule has 0 saturated carbocycles. The van der Waals surface area contributed by atoms with Gasteiger partial charge in [0.05, 0.1) is 12.6 Å². The Kier molecular flexibility index (Phi) is 5.84. The normalized spacial score (nSPS) is 12.6. The molecule has 0 heterocycles. The molecule has 1 atom stereocenters. The Morgan fingerprint density at radius 1 is 1.55 bits per heavy atom. The molecule has 2 N–H and O–H groups in total. The largest absolute Gasteiger partial charge is 0.394 e. The fourth-order valence-corrected chi connectivity index (χ4v) is 0.804. The van der Waals surface area contributed by atoms with Gasteiger partial charge in [-0.15, -0.1) is 0 Å². The van der Waals surface area contributed by atoms with Gasteiger partial charge in [0.1, 0.15) is 0 Å². The van der Waals surface area contributed by atoms with Crippen LogP contribution in [0.1, 0.15) is 33.1 Å². The van der Waals surface area contributed by atoms with Crippen LogP contribution in [-0.2, 0) is 4.79 Å². The lowest BCUT2D eigenvalue weighted by Crippen LogP contribution is -2.36. The Morgan fingerprint density at radius 3 is 2.55 bits per heavy atom. The van der Waals surface area contributed by atoms with Gasteiger partial charge in [-0.1, -0.05) is 13.8 Å². The molecule has 0 aliphatic heterocycles. The van der Waals surface area contributed by atoms with Gasteiger partial charge in [-0.3, -0.25) is 4.79 Å². The van der Waals surface area contributed by atoms with E-state index in [1.807, 2.05) is 13.8 Å². The highest BCUT2D eigenvalue weighted by molar-refractivity contribution is 5.76. The molecule has 0 bridgehead atoms. The van der Waals surface area contributed by atoms with E-state index in [1.54, 1.807) is 0 Å². The van der Waals surface area contributed by atoms with Gasteiger partial charge in [0.15, 0.2) is 0 Å². The standard InChI is InChI=1S/C8H17NO2/c1-3-5-8(11)9-7(4-2)6-10/h7,10H,3-6H2,1-2H3,(H,9,11). The second-order valence-electron chi connectivity index (χ2n) is 2.61. The highest BCUT2D eigenvalue weighted by atomic mass is 16.3. The fourth-order valence-electron chi connectivity index (χ4n) is 0.804. The van der Waals surface area contributed by atoms with Crippen molar-refractivity contribution >= 4 is 5.91 Å². The first-order valence-electron chi connectivity index (χ1n) is 4.14. The minimum Gasteiger partial charge on any atom is -0.394 e. The van der Waals surface area contributed by atoms with Crippen molar-refractivity contribution in [2.75, 3.05) is 6.61 Å². The van der Waals surface area contributed by atoms with E-state index in [-0.39, 0.29) is 18.6 Å². The molecule has 0 aliphatic carbocycles. The molecule has 66 valence electrons. The number of aliphatic hydroxyl groups excluding tert-OH is 1. The van der Waals surface area contributed by atoms with E-state index < -0.39 is 0 Å². The molecule has 0 saturated heterocycles. The maximum Gasteiger partial charge on any atom is 0.220 e. The minimum absolute atomic E-state index is 0.0337. The van der Waals surface area contributed by atoms with Crippen LogP contribution in [-0.4, -0.2) is 23.7 Å². The average Bonchev–Trinajstić information content (AvgIpc) is 2.01. The molecule has 3 heteroatoms. The Morgan fingerprint density at radius 2 is 2.18 bits per heavy atom. The number of hydrogen-bond donors (Lipinski definition) is 2. The van der Waals surface area contributed by atoms with Gasteiger partial charge >= 0.3 is 0 Å². The molecule has 1 unspecified atom stereocenters. The van der Waals surface area contributed by atoms with Crippen molar-refractivity contribution in [3.8, 4) is 0 Å². The van der Waals surface area contributed by atoms with Crippen molar-refractivity contribution in [1.29, 1.82) is 0 Å². The van der Waals surface area contributed by atoms with Crippen molar-refractivity contribution in [2.45, 2.75) is 39.2 Å². The Bertz CT molecular complexity index is 111. The summed E-state index contributed by atoms with van der Waals surface area (Å²) in [5.41, 5.74) is 0. The summed E-state index contributed by atoms with van der Waals surface area (Å²) in [6, 6.07) is -0.0611. The van der Waals surface area contributed by atoms with E-state index in [4.69, 9.17) is 5.11 Å². The summed E-state index contributed by atoms with van der Waals surface area (Å²) in [5, 5.41) is 11.5. The van der Waals surface area contributed by atoms with Crippen LogP contribution in [0.3, 0.4) is 0 Å². The molecule has 0 aromatic rings. The molecule has 3 nitrogen and oxygen atoms in total. The zero-order chi connectivity index (χ0) is 8.69. The van der Waals surface area contributed by atoms with Crippen LogP contribution in [0.4, 0.5) is 0 Å². The Balaban J connectivity index is 3.54. The van der Waals surface area contributed by atoms with E-state index in [0.717, 1.165) is 12.8 Å². The number of amides is 1. The topological polar surface area (TPSA) is 49.3 Å². The monoisotopic (exact) mass is 159 g/mol. The van der Waals surface area contributed by atoms with E-state index in [1.165, 1.54) is 0 Å². The van der Waals surface area contributed by atoms with Crippen LogP contribution in [0.15, 0.2) is 0 Å². The maximum atomic E-state index is 10.9. The summed E-state index contributed by atoms with van der Waals surface area (Å²) in [5.74, 6) is 0.0356. The summed E-state index contributed by atoms with van der Waals surface area (Å²) >= 11 is 0. The zero-order valence-electron chi connectivity index (χ0n) is 7.26. The number of rotatable bonds is 5. The number of carbonyl (C=O) groups excluding carboxylic acids is 1. The first kappa shape index (κ1) is 10.4. The molecule has 0 aliphatic rings. The first-order valence-corrected chi connectivity index (χ1v) is 4.14. The maximum absolute atomic E-state index is 10.9. The quantitative estimate of drug-likeness (QED) is 0.619. The number of nitrogens with one attached hydrogen (secondary N) is 1. The SMILES string of the molecule is CCCC(=O)NC(CC)CO. The summed E-state index contributed by atoms with van der Waals surface area (Å²) in [6.45, 7) is 3.93. The third-order valence-corrected chi connectivity index (χ3v) is 1.56. The lowest BCUT2D eigenvalue weighted by Gasteiger charge is -2.12. The predicted molar refractivity (Wildman–Crippen MR) is 44.2 cm³/mol. The van der Waals surface area contributed by atoms with E-state index in [9.17, 15) is 4.79 Å². The van der Waals surface area contributed by atoms with Gasteiger partial charge in [0.25, 0.3) is 0 Å². The lowest BCUT2D eigenvalue weighted by atomic mass is 10.2. The molecular formula is C8H17NO2. The van der Waals surface area contributed by atoms with Crippen LogP contribution in [0, 0.1) is 0 Å². The highest BCUT2D eigenvalue weighted by Crippen LogP contribution is 1.92. The van der Waals surface area contributed by atoms with Crippen LogP contribution in [0.2, 0.25) is 0 Å². The Labute approximate surface area is 67.8 Å². The van der Waals surface area contributed by atoms with Gasteiger partial charge in [0, 0.05) is 6.42 Å². The van der Waals surface area contributed by atoms with Crippen LogP contribution < -0.4 is 5.32 Å². The van der Waals surface area contributed by atoms with Gasteiger partial charge in [0.2, 0.25) is 5.91 Å². The third-order valence-electron chi connectivity index (χ3n) is 1.56. The second kappa shape index (κ2) is 6.16. The molecule has 0 radical (unpaired) electrons. The molecule has 0 fully saturated rings. The third kappa shape index (κ3) is 4.79. The highest BCUT2D eigenvalue weighted by Gasteiger charge is 2.06. The van der Waals surface area contributed by atoms with Gasteiger partial charge in [-0.25, -0.2) is 0 Å². The van der Waals surface area contributed by atoms with Crippen molar-refractivity contribution < 1.29 is 9.90 Å². The molecule has 11 heavy (non-hydrogen) atoms. The van der Waals surface area contributed by atoms with Crippen molar-refractivity contribution in [3.05, 3.63) is 0 Å². The van der Waals surface area contributed by atoms with Crippen molar-refractivity contribution in [1.82, 2.24) is 5.32 Å². The fraction of sp³-hybridized carbons (Fsp3) is 0.875. The number of carbonyl (C=O) groups is 1. The Hall–Kier alpha value is -0.570. The smallest absolute Gasteiger partial charge is 0.220 e. The van der Waals surface area contributed by atoms with Crippen molar-refractivity contribution in [3.63, 3.8) is 0 Å². The minimum atomic E-state index is -0.0611. The molecule has 0 spiro atoms. The van der Waals surface area contributed by atoms with Crippen LogP contribution >= 0.6 is 0 Å². The average molecular weight is 159 g/mol. The molecule has 0 rings (SSSR count). The predicted octanol–water partition coefficient (Wildman–Crippen LogP) is 0.674. The summed E-state index contributed by atoms with van der Waals surface area (Å²) in [4.78, 5) is 10.9. The molecular weight excluding hydrogens is 142 g/mol.